The Labute approximate surface area is 137 Å². The molecule has 0 N–H and O–H groups in total. The second-order valence-corrected chi connectivity index (χ2v) is 12.8. The monoisotopic (exact) mass is 360 g/mol. The van der Waals surface area contributed by atoms with Crippen molar-refractivity contribution in [3.63, 3.8) is 0 Å². The molecule has 0 saturated carbocycles. The highest BCUT2D eigenvalue weighted by Crippen LogP contribution is 2.66. The Morgan fingerprint density at radius 2 is 1.57 bits per heavy atom. The fourth-order valence-corrected chi connectivity index (χ4v) is 3.77. The van der Waals surface area contributed by atoms with Gasteiger partial charge in [0.1, 0.15) is 8.07 Å². The van der Waals surface area contributed by atoms with Gasteiger partial charge < -0.3 is 9.05 Å². The van der Waals surface area contributed by atoms with Gasteiger partial charge in [-0.3, -0.25) is 4.57 Å². The minimum atomic E-state index is -4.56. The molecule has 0 aliphatic heterocycles. The third-order valence-electron chi connectivity index (χ3n) is 2.76. The summed E-state index contributed by atoms with van der Waals surface area (Å²) in [5.74, 6) is 2.99. The van der Waals surface area contributed by atoms with Crippen LogP contribution in [0.2, 0.25) is 19.6 Å². The summed E-state index contributed by atoms with van der Waals surface area (Å²) in [4.78, 5) is 0. The van der Waals surface area contributed by atoms with E-state index < -0.39 is 26.9 Å². The Kier molecular flexibility index (Phi) is 6.73. The van der Waals surface area contributed by atoms with E-state index in [9.17, 15) is 13.3 Å². The fourth-order valence-electron chi connectivity index (χ4n) is 1.71. The van der Waals surface area contributed by atoms with Crippen LogP contribution in [0.25, 0.3) is 0 Å². The lowest BCUT2D eigenvalue weighted by molar-refractivity contribution is 0.0360. The van der Waals surface area contributed by atoms with Crippen molar-refractivity contribution in [2.75, 3.05) is 13.2 Å². The van der Waals surface area contributed by atoms with Crippen LogP contribution < -0.4 is 0 Å². The van der Waals surface area contributed by atoms with Gasteiger partial charge in [0, 0.05) is 11.1 Å². The summed E-state index contributed by atoms with van der Waals surface area (Å²) >= 11 is 0. The van der Waals surface area contributed by atoms with Gasteiger partial charge in [-0.1, -0.05) is 37.7 Å². The molecular formula is C16H23F2O3PSi. The van der Waals surface area contributed by atoms with Crippen molar-refractivity contribution < 1.29 is 22.4 Å². The van der Waals surface area contributed by atoms with Crippen molar-refractivity contribution >= 4 is 15.7 Å². The van der Waals surface area contributed by atoms with Crippen LogP contribution in [0.15, 0.2) is 24.3 Å². The normalized spacial score (nSPS) is 12.7. The van der Waals surface area contributed by atoms with Crippen LogP contribution in [0.5, 0.6) is 0 Å². The zero-order chi connectivity index (χ0) is 17.7. The summed E-state index contributed by atoms with van der Waals surface area (Å²) in [6.07, 6.45) is 0. The molecule has 0 bridgehead atoms. The fraction of sp³-hybridized carbons (Fsp3) is 0.500. The van der Waals surface area contributed by atoms with E-state index in [2.05, 4.69) is 31.1 Å². The second kappa shape index (κ2) is 7.72. The molecule has 0 atom stereocenters. The van der Waals surface area contributed by atoms with E-state index in [1.807, 2.05) is 0 Å². The molecule has 7 heteroatoms. The Balaban J connectivity index is 3.13. The molecular weight excluding hydrogens is 337 g/mol. The zero-order valence-corrected chi connectivity index (χ0v) is 16.0. The predicted octanol–water partition coefficient (Wildman–Crippen LogP) is 5.23. The lowest BCUT2D eigenvalue weighted by atomic mass is 10.1. The number of benzene rings is 1. The maximum absolute atomic E-state index is 14.5. The Hall–Kier alpha value is -0.993. The second-order valence-electron chi connectivity index (χ2n) is 5.95. The third-order valence-corrected chi connectivity index (χ3v) is 5.77. The van der Waals surface area contributed by atoms with Crippen molar-refractivity contribution in [3.05, 3.63) is 35.4 Å². The van der Waals surface area contributed by atoms with Crippen LogP contribution in [0, 0.1) is 11.5 Å². The predicted molar refractivity (Wildman–Crippen MR) is 91.4 cm³/mol. The van der Waals surface area contributed by atoms with Crippen molar-refractivity contribution in [3.8, 4) is 11.5 Å². The molecule has 0 fully saturated rings. The SMILES string of the molecule is CCOP(=O)(OCC)C(F)(F)c1ccc(C#C[Si](C)(C)C)cc1. The smallest absolute Gasteiger partial charge is 0.304 e. The lowest BCUT2D eigenvalue weighted by Crippen LogP contribution is -2.18. The van der Waals surface area contributed by atoms with Crippen LogP contribution in [0.1, 0.15) is 25.0 Å². The first kappa shape index (κ1) is 20.1. The van der Waals surface area contributed by atoms with Crippen LogP contribution in [-0.4, -0.2) is 21.3 Å². The average Bonchev–Trinajstić information content (AvgIpc) is 2.45. The maximum Gasteiger partial charge on any atom is 0.404 e. The molecule has 0 unspecified atom stereocenters. The van der Waals surface area contributed by atoms with Crippen LogP contribution in [0.4, 0.5) is 8.78 Å². The summed E-state index contributed by atoms with van der Waals surface area (Å²) in [5, 5.41) is 0. The summed E-state index contributed by atoms with van der Waals surface area (Å²) in [7, 11) is -6.10. The number of rotatable bonds is 6. The molecule has 1 aromatic carbocycles. The largest absolute Gasteiger partial charge is 0.404 e. The molecule has 1 aromatic rings. The van der Waals surface area contributed by atoms with Gasteiger partial charge in [0.15, 0.2) is 0 Å². The summed E-state index contributed by atoms with van der Waals surface area (Å²) < 4.78 is 51.0. The molecule has 1 rings (SSSR count). The van der Waals surface area contributed by atoms with E-state index in [4.69, 9.17) is 9.05 Å². The topological polar surface area (TPSA) is 35.5 Å². The molecule has 3 nitrogen and oxygen atoms in total. The molecule has 0 aliphatic carbocycles. The first-order chi connectivity index (χ1) is 10.6. The van der Waals surface area contributed by atoms with Gasteiger partial charge in [0.25, 0.3) is 0 Å². The minimum Gasteiger partial charge on any atom is -0.304 e. The maximum atomic E-state index is 14.5. The van der Waals surface area contributed by atoms with Gasteiger partial charge in [-0.2, -0.15) is 8.78 Å². The van der Waals surface area contributed by atoms with Crippen molar-refractivity contribution in [1.29, 1.82) is 0 Å². The number of hydrogen-bond donors (Lipinski definition) is 0. The van der Waals surface area contributed by atoms with Gasteiger partial charge in [-0.25, -0.2) is 0 Å². The molecule has 0 saturated heterocycles. The highest BCUT2D eigenvalue weighted by atomic mass is 31.2. The van der Waals surface area contributed by atoms with Crippen molar-refractivity contribution in [2.24, 2.45) is 0 Å². The summed E-state index contributed by atoms with van der Waals surface area (Å²) in [6, 6.07) is 5.44. The molecule has 23 heavy (non-hydrogen) atoms. The van der Waals surface area contributed by atoms with Crippen molar-refractivity contribution in [2.45, 2.75) is 39.2 Å². The minimum absolute atomic E-state index is 0.118. The van der Waals surface area contributed by atoms with E-state index in [1.165, 1.54) is 38.1 Å². The van der Waals surface area contributed by atoms with Crippen molar-refractivity contribution in [1.82, 2.24) is 0 Å². The van der Waals surface area contributed by atoms with E-state index in [0.717, 1.165) is 0 Å². The zero-order valence-electron chi connectivity index (χ0n) is 14.2. The molecule has 0 spiro atoms. The van der Waals surface area contributed by atoms with E-state index in [0.29, 0.717) is 5.56 Å². The van der Waals surface area contributed by atoms with Crippen LogP contribution in [0.3, 0.4) is 0 Å². The van der Waals surface area contributed by atoms with Gasteiger partial charge >= 0.3 is 13.3 Å². The molecule has 0 radical (unpaired) electrons. The molecule has 128 valence electrons. The average molecular weight is 360 g/mol. The van der Waals surface area contributed by atoms with E-state index in [-0.39, 0.29) is 13.2 Å². The highest BCUT2D eigenvalue weighted by molar-refractivity contribution is 7.54. The summed E-state index contributed by atoms with van der Waals surface area (Å²) in [6.45, 7) is 9.06. The quantitative estimate of drug-likeness (QED) is 0.396. The molecule has 0 amide bonds. The molecule has 0 aliphatic rings. The summed E-state index contributed by atoms with van der Waals surface area (Å²) in [5.41, 5.74) is -0.294. The van der Waals surface area contributed by atoms with Crippen LogP contribution >= 0.6 is 7.60 Å². The number of hydrogen-bond acceptors (Lipinski definition) is 3. The third kappa shape index (κ3) is 5.25. The standard InChI is InChI=1S/C16H23F2O3PSi/c1-6-20-22(19,21-7-2)16(17,18)15-10-8-14(9-11-15)12-13-23(3,4)5/h8-11H,6-7H2,1-5H3. The first-order valence-electron chi connectivity index (χ1n) is 7.46. The van der Waals surface area contributed by atoms with Gasteiger partial charge in [-0.05, 0) is 26.0 Å². The van der Waals surface area contributed by atoms with E-state index >= 15 is 0 Å². The lowest BCUT2D eigenvalue weighted by Gasteiger charge is -2.25. The van der Waals surface area contributed by atoms with Gasteiger partial charge in [0.2, 0.25) is 0 Å². The van der Waals surface area contributed by atoms with Gasteiger partial charge in [0.05, 0.1) is 13.2 Å². The number of alkyl halides is 2. The first-order valence-corrected chi connectivity index (χ1v) is 12.5. The van der Waals surface area contributed by atoms with E-state index in [1.54, 1.807) is 0 Å². The number of halogens is 2. The molecule has 0 aromatic heterocycles. The Morgan fingerprint density at radius 1 is 1.09 bits per heavy atom. The Morgan fingerprint density at radius 3 is 1.96 bits per heavy atom. The molecule has 0 heterocycles. The Bertz CT molecular complexity index is 617. The highest BCUT2D eigenvalue weighted by Gasteiger charge is 2.54. The van der Waals surface area contributed by atoms with Crippen LogP contribution in [-0.2, 0) is 19.3 Å². The van der Waals surface area contributed by atoms with Gasteiger partial charge in [-0.15, -0.1) is 5.54 Å².